The molecule has 0 aliphatic carbocycles. The van der Waals surface area contributed by atoms with Crippen molar-refractivity contribution in [2.75, 3.05) is 6.54 Å². The van der Waals surface area contributed by atoms with Crippen molar-refractivity contribution in [3.05, 3.63) is 0 Å². The quantitative estimate of drug-likeness (QED) is 0.797. The van der Waals surface area contributed by atoms with Gasteiger partial charge in [-0.15, -0.1) is 0 Å². The van der Waals surface area contributed by atoms with Crippen LogP contribution in [-0.2, 0) is 14.4 Å². The molecule has 3 unspecified atom stereocenters. The number of carbonyl (C=O) groups excluding carboxylic acids is 2. The largest absolute Gasteiger partial charge is 0.480 e. The summed E-state index contributed by atoms with van der Waals surface area (Å²) in [6.07, 6.45) is -4.67. The standard InChI is InChI=1S/C16H25F3N2O4/c1-8(2)9-6-7-21(10(9)13(23)24)12(22)11(15(3,4)5)20-14(25)16(17,18)19/h8-11H,6-7H2,1-5H3,(H,20,25)(H,23,24). The molecule has 9 heteroatoms. The Morgan fingerprint density at radius 3 is 2.04 bits per heavy atom. The van der Waals surface area contributed by atoms with E-state index < -0.39 is 41.5 Å². The molecule has 6 nitrogen and oxygen atoms in total. The first-order chi connectivity index (χ1) is 11.2. The molecule has 25 heavy (non-hydrogen) atoms. The number of nitrogens with one attached hydrogen (secondary N) is 1. The first kappa shape index (κ1) is 21.2. The molecular formula is C16H25F3N2O4. The number of rotatable bonds is 4. The second-order valence-electron chi connectivity index (χ2n) is 7.78. The van der Waals surface area contributed by atoms with Crippen LogP contribution in [0.1, 0.15) is 41.0 Å². The van der Waals surface area contributed by atoms with E-state index >= 15 is 0 Å². The Hall–Kier alpha value is -1.80. The fourth-order valence-corrected chi connectivity index (χ4v) is 3.11. The van der Waals surface area contributed by atoms with Gasteiger partial charge in [-0.1, -0.05) is 34.6 Å². The van der Waals surface area contributed by atoms with Gasteiger partial charge in [0.15, 0.2) is 0 Å². The highest BCUT2D eigenvalue weighted by atomic mass is 19.4. The van der Waals surface area contributed by atoms with E-state index in [4.69, 9.17) is 0 Å². The summed E-state index contributed by atoms with van der Waals surface area (Å²) in [5, 5.41) is 11.2. The van der Waals surface area contributed by atoms with Crippen molar-refractivity contribution < 1.29 is 32.7 Å². The number of carbonyl (C=O) groups is 3. The SMILES string of the molecule is CC(C)C1CCN(C(=O)C(NC(=O)C(F)(F)F)C(C)(C)C)C1C(=O)O. The van der Waals surface area contributed by atoms with Gasteiger partial charge in [0.05, 0.1) is 0 Å². The topological polar surface area (TPSA) is 86.7 Å². The lowest BCUT2D eigenvalue weighted by Gasteiger charge is -2.35. The van der Waals surface area contributed by atoms with Crippen molar-refractivity contribution in [2.24, 2.45) is 17.3 Å². The van der Waals surface area contributed by atoms with Gasteiger partial charge in [-0.05, 0) is 23.7 Å². The van der Waals surface area contributed by atoms with Crippen molar-refractivity contribution in [3.63, 3.8) is 0 Å². The fourth-order valence-electron chi connectivity index (χ4n) is 3.11. The molecule has 0 bridgehead atoms. The highest BCUT2D eigenvalue weighted by Crippen LogP contribution is 2.33. The summed E-state index contributed by atoms with van der Waals surface area (Å²) in [7, 11) is 0. The van der Waals surface area contributed by atoms with Crippen LogP contribution in [0.25, 0.3) is 0 Å². The van der Waals surface area contributed by atoms with Gasteiger partial charge in [0.25, 0.3) is 0 Å². The zero-order chi connectivity index (χ0) is 19.7. The lowest BCUT2D eigenvalue weighted by molar-refractivity contribution is -0.176. The molecule has 1 aliphatic heterocycles. The van der Waals surface area contributed by atoms with Crippen LogP contribution in [0.2, 0.25) is 0 Å². The minimum Gasteiger partial charge on any atom is -0.480 e. The van der Waals surface area contributed by atoms with Gasteiger partial charge in [-0.3, -0.25) is 9.59 Å². The maximum atomic E-state index is 12.8. The van der Waals surface area contributed by atoms with Crippen LogP contribution in [0.3, 0.4) is 0 Å². The summed E-state index contributed by atoms with van der Waals surface area (Å²) in [6, 6.07) is -2.59. The zero-order valence-corrected chi connectivity index (χ0v) is 15.0. The Kier molecular flexibility index (Phi) is 6.13. The molecule has 1 aliphatic rings. The molecule has 1 saturated heterocycles. The molecule has 0 aromatic carbocycles. The molecule has 2 N–H and O–H groups in total. The van der Waals surface area contributed by atoms with E-state index in [1.165, 1.54) is 20.8 Å². The first-order valence-corrected chi connectivity index (χ1v) is 8.09. The van der Waals surface area contributed by atoms with Crippen molar-refractivity contribution in [2.45, 2.75) is 59.3 Å². The fraction of sp³-hybridized carbons (Fsp3) is 0.812. The maximum Gasteiger partial charge on any atom is 0.471 e. The average Bonchev–Trinajstić information content (AvgIpc) is 2.86. The number of hydrogen-bond donors (Lipinski definition) is 2. The van der Waals surface area contributed by atoms with E-state index in [9.17, 15) is 32.7 Å². The van der Waals surface area contributed by atoms with E-state index in [2.05, 4.69) is 0 Å². The van der Waals surface area contributed by atoms with Gasteiger partial charge >= 0.3 is 18.1 Å². The second-order valence-corrected chi connectivity index (χ2v) is 7.78. The van der Waals surface area contributed by atoms with Crippen molar-refractivity contribution in [3.8, 4) is 0 Å². The number of amides is 2. The number of carboxylic acid groups (broad SMARTS) is 1. The summed E-state index contributed by atoms with van der Waals surface area (Å²) in [6.45, 7) is 8.34. The molecule has 0 radical (unpaired) electrons. The smallest absolute Gasteiger partial charge is 0.471 e. The molecule has 0 aromatic rings. The summed E-state index contributed by atoms with van der Waals surface area (Å²) < 4.78 is 37.7. The van der Waals surface area contributed by atoms with E-state index in [1.807, 2.05) is 13.8 Å². The normalized spacial score (nSPS) is 22.8. The van der Waals surface area contributed by atoms with E-state index in [0.29, 0.717) is 6.42 Å². The Morgan fingerprint density at radius 1 is 1.16 bits per heavy atom. The Balaban J connectivity index is 3.13. The molecule has 0 aromatic heterocycles. The third-order valence-electron chi connectivity index (χ3n) is 4.48. The number of aliphatic carboxylic acids is 1. The highest BCUT2D eigenvalue weighted by molar-refractivity contribution is 5.92. The van der Waals surface area contributed by atoms with E-state index in [1.54, 1.807) is 5.32 Å². The third kappa shape index (κ3) is 4.85. The number of likely N-dealkylation sites (tertiary alicyclic amines) is 1. The maximum absolute atomic E-state index is 12.8. The highest BCUT2D eigenvalue weighted by Gasteiger charge is 2.49. The number of halogens is 3. The van der Waals surface area contributed by atoms with Crippen LogP contribution < -0.4 is 5.32 Å². The van der Waals surface area contributed by atoms with E-state index in [-0.39, 0.29) is 18.4 Å². The van der Waals surface area contributed by atoms with Crippen LogP contribution in [0.15, 0.2) is 0 Å². The zero-order valence-electron chi connectivity index (χ0n) is 15.0. The molecular weight excluding hydrogens is 341 g/mol. The van der Waals surface area contributed by atoms with Crippen molar-refractivity contribution >= 4 is 17.8 Å². The molecule has 2 amide bonds. The van der Waals surface area contributed by atoms with Gasteiger partial charge in [0.1, 0.15) is 12.1 Å². The van der Waals surface area contributed by atoms with Crippen molar-refractivity contribution in [1.29, 1.82) is 0 Å². The van der Waals surface area contributed by atoms with Crippen LogP contribution in [0.5, 0.6) is 0 Å². The number of hydrogen-bond acceptors (Lipinski definition) is 3. The first-order valence-electron chi connectivity index (χ1n) is 8.09. The number of nitrogens with zero attached hydrogens (tertiary/aromatic N) is 1. The van der Waals surface area contributed by atoms with Crippen LogP contribution >= 0.6 is 0 Å². The summed E-state index contributed by atoms with van der Waals surface area (Å²) in [4.78, 5) is 36.8. The van der Waals surface area contributed by atoms with Crippen LogP contribution in [0, 0.1) is 17.3 Å². The summed E-state index contributed by atoms with van der Waals surface area (Å²) in [5.74, 6) is -4.51. The Labute approximate surface area is 144 Å². The molecule has 1 heterocycles. The Morgan fingerprint density at radius 2 is 1.68 bits per heavy atom. The lowest BCUT2D eigenvalue weighted by Crippen LogP contribution is -2.59. The predicted molar refractivity (Wildman–Crippen MR) is 83.5 cm³/mol. The third-order valence-corrected chi connectivity index (χ3v) is 4.48. The van der Waals surface area contributed by atoms with Gasteiger partial charge in [-0.2, -0.15) is 13.2 Å². The van der Waals surface area contributed by atoms with Gasteiger partial charge < -0.3 is 15.3 Å². The number of alkyl halides is 3. The molecule has 1 fully saturated rings. The molecule has 0 saturated carbocycles. The molecule has 0 spiro atoms. The summed E-state index contributed by atoms with van der Waals surface area (Å²) in [5.41, 5.74) is -1.02. The molecule has 3 atom stereocenters. The van der Waals surface area contributed by atoms with Gasteiger partial charge in [0.2, 0.25) is 5.91 Å². The van der Waals surface area contributed by atoms with E-state index in [0.717, 1.165) is 4.90 Å². The molecule has 1 rings (SSSR count). The van der Waals surface area contributed by atoms with Crippen LogP contribution in [0.4, 0.5) is 13.2 Å². The Bertz CT molecular complexity index is 540. The molecule has 144 valence electrons. The lowest BCUT2D eigenvalue weighted by atomic mass is 9.85. The average molecular weight is 366 g/mol. The minimum absolute atomic E-state index is 0.00301. The minimum atomic E-state index is -5.12. The number of carboxylic acids is 1. The predicted octanol–water partition coefficient (Wildman–Crippen LogP) is 2.04. The van der Waals surface area contributed by atoms with Gasteiger partial charge in [0, 0.05) is 6.54 Å². The van der Waals surface area contributed by atoms with Crippen molar-refractivity contribution in [1.82, 2.24) is 10.2 Å². The summed E-state index contributed by atoms with van der Waals surface area (Å²) >= 11 is 0. The second kappa shape index (κ2) is 7.21. The van der Waals surface area contributed by atoms with Gasteiger partial charge in [-0.25, -0.2) is 4.79 Å². The van der Waals surface area contributed by atoms with Crippen LogP contribution in [-0.4, -0.2) is 52.6 Å². The monoisotopic (exact) mass is 366 g/mol.